The van der Waals surface area contributed by atoms with Gasteiger partial charge in [0.05, 0.1) is 12.8 Å². The zero-order valence-electron chi connectivity index (χ0n) is 9.99. The largest absolute Gasteiger partial charge is 0.497 e. The summed E-state index contributed by atoms with van der Waals surface area (Å²) < 4.78 is 10.6. The summed E-state index contributed by atoms with van der Waals surface area (Å²) in [5, 5.41) is 5.95. The lowest BCUT2D eigenvalue weighted by Gasteiger charge is -2.34. The molecule has 3 rings (SSSR count). The minimum atomic E-state index is -0.510. The quantitative estimate of drug-likeness (QED) is 0.818. The van der Waals surface area contributed by atoms with Gasteiger partial charge in [0.15, 0.2) is 5.60 Å². The number of ether oxygens (including phenoxy) is 2. The monoisotopic (exact) mass is 270 g/mol. The number of hydrogen-bond acceptors (Lipinski definition) is 4. The number of anilines is 1. The maximum absolute atomic E-state index is 11.6. The van der Waals surface area contributed by atoms with Crippen molar-refractivity contribution < 1.29 is 14.3 Å². The molecular formula is C12H15ClN2O3. The average molecular weight is 271 g/mol. The van der Waals surface area contributed by atoms with Crippen molar-refractivity contribution in [3.8, 4) is 5.75 Å². The van der Waals surface area contributed by atoms with Gasteiger partial charge in [-0.05, 0) is 18.7 Å². The molecule has 1 unspecified atom stereocenters. The summed E-state index contributed by atoms with van der Waals surface area (Å²) in [6, 6.07) is 5.68. The molecule has 1 fully saturated rings. The lowest BCUT2D eigenvalue weighted by atomic mass is 9.90. The van der Waals surface area contributed by atoms with Crippen LogP contribution in [0.2, 0.25) is 0 Å². The van der Waals surface area contributed by atoms with Gasteiger partial charge in [-0.1, -0.05) is 0 Å². The molecule has 6 heteroatoms. The first-order valence-corrected chi connectivity index (χ1v) is 5.63. The zero-order chi connectivity index (χ0) is 11.9. The van der Waals surface area contributed by atoms with E-state index < -0.39 is 11.7 Å². The molecule has 1 spiro atoms. The van der Waals surface area contributed by atoms with Gasteiger partial charge in [0.2, 0.25) is 0 Å². The van der Waals surface area contributed by atoms with Gasteiger partial charge in [-0.3, -0.25) is 5.32 Å². The predicted octanol–water partition coefficient (Wildman–Crippen LogP) is 1.87. The van der Waals surface area contributed by atoms with Crippen LogP contribution in [0.25, 0.3) is 0 Å². The summed E-state index contributed by atoms with van der Waals surface area (Å²) in [6.07, 6.45) is 0.411. The number of amides is 1. The van der Waals surface area contributed by atoms with E-state index in [2.05, 4.69) is 10.6 Å². The highest BCUT2D eigenvalue weighted by atomic mass is 35.5. The number of fused-ring (bicyclic) bond motifs is 2. The summed E-state index contributed by atoms with van der Waals surface area (Å²) in [6.45, 7) is 1.53. The lowest BCUT2D eigenvalue weighted by molar-refractivity contribution is 0.0277. The number of carbonyl (C=O) groups excluding carboxylic acids is 1. The number of methoxy groups -OCH3 is 1. The van der Waals surface area contributed by atoms with Crippen LogP contribution in [0.5, 0.6) is 5.75 Å². The highest BCUT2D eigenvalue weighted by molar-refractivity contribution is 5.89. The van der Waals surface area contributed by atoms with Gasteiger partial charge in [-0.15, -0.1) is 12.4 Å². The second kappa shape index (κ2) is 4.66. The number of benzene rings is 1. The molecule has 0 aromatic heterocycles. The average Bonchev–Trinajstić information content (AvgIpc) is 2.77. The van der Waals surface area contributed by atoms with Crippen LogP contribution in [0.1, 0.15) is 12.0 Å². The van der Waals surface area contributed by atoms with Gasteiger partial charge in [0.1, 0.15) is 5.75 Å². The van der Waals surface area contributed by atoms with Crippen LogP contribution >= 0.6 is 12.4 Å². The first-order valence-electron chi connectivity index (χ1n) is 5.63. The van der Waals surface area contributed by atoms with Crippen LogP contribution in [0, 0.1) is 0 Å². The molecule has 98 valence electrons. The van der Waals surface area contributed by atoms with E-state index in [1.165, 1.54) is 0 Å². The third kappa shape index (κ3) is 1.89. The maximum Gasteiger partial charge on any atom is 0.412 e. The summed E-state index contributed by atoms with van der Waals surface area (Å²) in [4.78, 5) is 11.6. The molecule has 1 saturated heterocycles. The summed E-state index contributed by atoms with van der Waals surface area (Å²) in [5.41, 5.74) is 1.29. The smallest absolute Gasteiger partial charge is 0.412 e. The fourth-order valence-electron chi connectivity index (χ4n) is 2.50. The summed E-state index contributed by atoms with van der Waals surface area (Å²) in [7, 11) is 1.61. The van der Waals surface area contributed by atoms with Gasteiger partial charge >= 0.3 is 6.09 Å². The first kappa shape index (κ1) is 13.0. The Kier molecular flexibility index (Phi) is 3.36. The molecule has 0 radical (unpaired) electrons. The van der Waals surface area contributed by atoms with Crippen LogP contribution in [0.15, 0.2) is 18.2 Å². The molecule has 0 bridgehead atoms. The van der Waals surface area contributed by atoms with Crippen molar-refractivity contribution in [1.82, 2.24) is 5.32 Å². The molecule has 1 amide bonds. The van der Waals surface area contributed by atoms with E-state index in [1.807, 2.05) is 18.2 Å². The molecule has 5 nitrogen and oxygen atoms in total. The van der Waals surface area contributed by atoms with Crippen LogP contribution < -0.4 is 15.4 Å². The van der Waals surface area contributed by atoms with Crippen molar-refractivity contribution in [2.75, 3.05) is 25.5 Å². The van der Waals surface area contributed by atoms with Crippen molar-refractivity contribution in [3.05, 3.63) is 23.8 Å². The molecule has 1 aromatic rings. The van der Waals surface area contributed by atoms with Crippen LogP contribution in [0.3, 0.4) is 0 Å². The van der Waals surface area contributed by atoms with E-state index in [0.717, 1.165) is 30.0 Å². The van der Waals surface area contributed by atoms with Crippen molar-refractivity contribution in [2.45, 2.75) is 12.0 Å². The minimum Gasteiger partial charge on any atom is -0.497 e. The van der Waals surface area contributed by atoms with E-state index in [0.29, 0.717) is 6.54 Å². The number of halogens is 1. The Morgan fingerprint density at radius 1 is 1.44 bits per heavy atom. The van der Waals surface area contributed by atoms with Crippen molar-refractivity contribution in [2.24, 2.45) is 0 Å². The Morgan fingerprint density at radius 2 is 2.28 bits per heavy atom. The Labute approximate surface area is 111 Å². The Balaban J connectivity index is 0.00000120. The van der Waals surface area contributed by atoms with Gasteiger partial charge in [0, 0.05) is 24.6 Å². The molecular weight excluding hydrogens is 256 g/mol. The van der Waals surface area contributed by atoms with Crippen molar-refractivity contribution in [1.29, 1.82) is 0 Å². The molecule has 18 heavy (non-hydrogen) atoms. The van der Waals surface area contributed by atoms with E-state index in [-0.39, 0.29) is 12.4 Å². The highest BCUT2D eigenvalue weighted by Crippen LogP contribution is 2.41. The zero-order valence-corrected chi connectivity index (χ0v) is 10.8. The third-order valence-electron chi connectivity index (χ3n) is 3.36. The van der Waals surface area contributed by atoms with E-state index >= 15 is 0 Å². The number of hydrogen-bond donors (Lipinski definition) is 2. The number of carbonyl (C=O) groups is 1. The normalized spacial score (nSPS) is 24.8. The molecule has 1 atom stereocenters. The second-order valence-corrected chi connectivity index (χ2v) is 4.35. The molecule has 0 aliphatic carbocycles. The van der Waals surface area contributed by atoms with Gasteiger partial charge in [-0.25, -0.2) is 4.79 Å². The van der Waals surface area contributed by atoms with E-state index in [4.69, 9.17) is 9.47 Å². The molecule has 0 saturated carbocycles. The number of rotatable bonds is 1. The predicted molar refractivity (Wildman–Crippen MR) is 69.5 cm³/mol. The summed E-state index contributed by atoms with van der Waals surface area (Å²) in [5.74, 6) is 0.729. The first-order chi connectivity index (χ1) is 8.23. The Hall–Kier alpha value is -1.46. The van der Waals surface area contributed by atoms with Crippen molar-refractivity contribution >= 4 is 24.2 Å². The van der Waals surface area contributed by atoms with Crippen LogP contribution in [-0.4, -0.2) is 26.3 Å². The molecule has 1 aromatic carbocycles. The second-order valence-electron chi connectivity index (χ2n) is 4.35. The standard InChI is InChI=1S/C12H14N2O3.ClH/c1-16-8-2-3-9-10(6-8)14-11(15)17-12(9)4-5-13-7-12;/h2-3,6,13H,4-5,7H2,1H3,(H,14,15);1H. The van der Waals surface area contributed by atoms with Crippen LogP contribution in [-0.2, 0) is 10.3 Å². The fraction of sp³-hybridized carbons (Fsp3) is 0.417. The fourth-order valence-corrected chi connectivity index (χ4v) is 2.50. The highest BCUT2D eigenvalue weighted by Gasteiger charge is 2.44. The van der Waals surface area contributed by atoms with E-state index in [9.17, 15) is 4.79 Å². The Bertz CT molecular complexity index is 472. The van der Waals surface area contributed by atoms with Gasteiger partial charge < -0.3 is 14.8 Å². The SMILES string of the molecule is COc1ccc2c(c1)NC(=O)OC21CCNC1.Cl. The molecule has 2 aliphatic rings. The third-order valence-corrected chi connectivity index (χ3v) is 3.36. The molecule has 2 N–H and O–H groups in total. The molecule has 2 heterocycles. The number of nitrogens with one attached hydrogen (secondary N) is 2. The van der Waals surface area contributed by atoms with Crippen molar-refractivity contribution in [3.63, 3.8) is 0 Å². The Morgan fingerprint density at radius 3 is 2.94 bits per heavy atom. The lowest BCUT2D eigenvalue weighted by Crippen LogP contribution is -2.41. The van der Waals surface area contributed by atoms with Crippen LogP contribution in [0.4, 0.5) is 10.5 Å². The topological polar surface area (TPSA) is 59.6 Å². The molecule has 2 aliphatic heterocycles. The maximum atomic E-state index is 11.6. The summed E-state index contributed by atoms with van der Waals surface area (Å²) >= 11 is 0. The van der Waals surface area contributed by atoms with Gasteiger partial charge in [0.25, 0.3) is 0 Å². The van der Waals surface area contributed by atoms with Gasteiger partial charge in [-0.2, -0.15) is 0 Å². The minimum absolute atomic E-state index is 0. The van der Waals surface area contributed by atoms with E-state index in [1.54, 1.807) is 7.11 Å².